The van der Waals surface area contributed by atoms with Crippen molar-refractivity contribution in [3.63, 3.8) is 0 Å². The van der Waals surface area contributed by atoms with E-state index in [2.05, 4.69) is 15.5 Å². The predicted octanol–water partition coefficient (Wildman–Crippen LogP) is 5.06. The largest absolute Gasteiger partial charge is 0.496 e. The standard InChI is InChI=1S/C28H27F3N4O4S/c1-14-3-4-18(17(7-14)23(36)34-27-11-26(12-27,13-27)28(29,30)31)32-24(37)21-20(38-2)6-5-19-22(21)40-25(33-19)35-15-8-16(35)10-39-9-15/h3-7,15-16H,8-13H2,1-2H3,(H,32,37)(H,34,36). The summed E-state index contributed by atoms with van der Waals surface area (Å²) in [5.74, 6) is -0.604. The van der Waals surface area contributed by atoms with E-state index in [-0.39, 0.29) is 42.6 Å². The van der Waals surface area contributed by atoms with Crippen molar-refractivity contribution in [2.75, 3.05) is 30.5 Å². The highest BCUT2D eigenvalue weighted by Gasteiger charge is 2.79. The van der Waals surface area contributed by atoms with Crippen LogP contribution in [0.3, 0.4) is 0 Å². The summed E-state index contributed by atoms with van der Waals surface area (Å²) in [6.07, 6.45) is -3.54. The summed E-state index contributed by atoms with van der Waals surface area (Å²) in [6, 6.07) is 9.09. The number of morpholine rings is 1. The molecule has 40 heavy (non-hydrogen) atoms. The molecule has 2 saturated heterocycles. The minimum Gasteiger partial charge on any atom is -0.496 e. The van der Waals surface area contributed by atoms with E-state index >= 15 is 0 Å². The number of methoxy groups -OCH3 is 1. The maximum atomic E-state index is 13.7. The topological polar surface area (TPSA) is 92.8 Å². The first kappa shape index (κ1) is 25.6. The van der Waals surface area contributed by atoms with Gasteiger partial charge >= 0.3 is 6.18 Å². The number of carbonyl (C=O) groups is 2. The molecule has 3 aromatic rings. The normalized spacial score (nSPS) is 28.3. The van der Waals surface area contributed by atoms with Gasteiger partial charge in [-0.05, 0) is 56.9 Å². The van der Waals surface area contributed by atoms with E-state index in [1.807, 2.05) is 6.07 Å². The number of carbonyl (C=O) groups excluding carboxylic acids is 2. The zero-order chi connectivity index (χ0) is 28.0. The van der Waals surface area contributed by atoms with E-state index in [0.717, 1.165) is 17.1 Å². The van der Waals surface area contributed by atoms with Crippen LogP contribution >= 0.6 is 11.3 Å². The summed E-state index contributed by atoms with van der Waals surface area (Å²) >= 11 is 1.42. The molecule has 210 valence electrons. The van der Waals surface area contributed by atoms with Gasteiger partial charge in [-0.15, -0.1) is 0 Å². The average molecular weight is 573 g/mol. The van der Waals surface area contributed by atoms with Gasteiger partial charge < -0.3 is 25.0 Å². The van der Waals surface area contributed by atoms with Crippen LogP contribution in [0.5, 0.6) is 5.75 Å². The summed E-state index contributed by atoms with van der Waals surface area (Å²) in [5, 5.41) is 6.50. The Balaban J connectivity index is 1.16. The number of rotatable bonds is 6. The second-order valence-corrected chi connectivity index (χ2v) is 12.5. The molecule has 3 saturated carbocycles. The van der Waals surface area contributed by atoms with Gasteiger partial charge in [-0.1, -0.05) is 23.0 Å². The van der Waals surface area contributed by atoms with Crippen LogP contribution in [0.2, 0.25) is 0 Å². The van der Waals surface area contributed by atoms with Crippen molar-refractivity contribution in [3.05, 3.63) is 47.0 Å². The number of benzene rings is 2. The van der Waals surface area contributed by atoms with Gasteiger partial charge in [0.05, 0.1) is 59.3 Å². The molecule has 12 heteroatoms. The highest BCUT2D eigenvalue weighted by atomic mass is 32.1. The molecule has 2 amide bonds. The lowest BCUT2D eigenvalue weighted by Gasteiger charge is -2.70. The molecule has 2 N–H and O–H groups in total. The molecular formula is C28H27F3N4O4S. The number of ether oxygens (including phenoxy) is 2. The zero-order valence-corrected chi connectivity index (χ0v) is 22.7. The maximum absolute atomic E-state index is 13.7. The van der Waals surface area contributed by atoms with E-state index in [9.17, 15) is 22.8 Å². The number of nitrogens with zero attached hydrogens (tertiary/aromatic N) is 2. The number of amides is 2. The summed E-state index contributed by atoms with van der Waals surface area (Å²) in [4.78, 5) is 34.1. The number of aromatic nitrogens is 1. The quantitative estimate of drug-likeness (QED) is 0.429. The van der Waals surface area contributed by atoms with Gasteiger partial charge in [0.15, 0.2) is 5.13 Å². The second-order valence-electron chi connectivity index (χ2n) is 11.5. The summed E-state index contributed by atoms with van der Waals surface area (Å²) in [7, 11) is 1.49. The minimum absolute atomic E-state index is 0.111. The Bertz CT molecular complexity index is 1540. The molecule has 2 aromatic carbocycles. The minimum atomic E-state index is -4.26. The van der Waals surface area contributed by atoms with Crippen molar-refractivity contribution in [1.29, 1.82) is 0 Å². The highest BCUT2D eigenvalue weighted by molar-refractivity contribution is 7.22. The van der Waals surface area contributed by atoms with E-state index in [1.165, 1.54) is 18.4 Å². The van der Waals surface area contributed by atoms with Crippen LogP contribution < -0.4 is 20.3 Å². The van der Waals surface area contributed by atoms with Crippen LogP contribution in [0.25, 0.3) is 10.2 Å². The Kier molecular flexibility index (Phi) is 5.47. The third-order valence-corrected chi connectivity index (χ3v) is 9.91. The first-order chi connectivity index (χ1) is 19.0. The molecule has 8 nitrogen and oxygen atoms in total. The highest BCUT2D eigenvalue weighted by Crippen LogP contribution is 2.73. The Morgan fingerprint density at radius 3 is 2.50 bits per heavy atom. The van der Waals surface area contributed by atoms with Crippen molar-refractivity contribution < 1.29 is 32.2 Å². The molecule has 4 bridgehead atoms. The third-order valence-electron chi connectivity index (χ3n) is 8.81. The molecule has 0 radical (unpaired) electrons. The molecule has 5 fully saturated rings. The molecular weight excluding hydrogens is 545 g/mol. The van der Waals surface area contributed by atoms with E-state index < -0.39 is 28.9 Å². The zero-order valence-electron chi connectivity index (χ0n) is 21.9. The summed E-state index contributed by atoms with van der Waals surface area (Å²) in [5.41, 5.74) is -0.291. The van der Waals surface area contributed by atoms with Crippen LogP contribution in [-0.2, 0) is 4.74 Å². The van der Waals surface area contributed by atoms with Crippen LogP contribution in [0.1, 0.15) is 52.0 Å². The molecule has 0 spiro atoms. The van der Waals surface area contributed by atoms with Crippen molar-refractivity contribution in [2.24, 2.45) is 5.41 Å². The lowest BCUT2D eigenvalue weighted by Crippen LogP contribution is -2.78. The molecule has 2 aliphatic heterocycles. The molecule has 3 aliphatic carbocycles. The van der Waals surface area contributed by atoms with E-state index in [1.54, 1.807) is 31.2 Å². The number of thiazole rings is 1. The number of alkyl halides is 3. The Hall–Kier alpha value is -3.38. The molecule has 3 heterocycles. The number of hydrogen-bond acceptors (Lipinski definition) is 7. The van der Waals surface area contributed by atoms with Gasteiger partial charge in [-0.2, -0.15) is 13.2 Å². The van der Waals surface area contributed by atoms with Crippen LogP contribution in [-0.4, -0.2) is 60.9 Å². The fraction of sp³-hybridized carbons (Fsp3) is 0.464. The number of halogens is 3. The van der Waals surface area contributed by atoms with Crippen LogP contribution in [0, 0.1) is 12.3 Å². The van der Waals surface area contributed by atoms with Crippen LogP contribution in [0.15, 0.2) is 30.3 Å². The Morgan fingerprint density at radius 1 is 1.12 bits per heavy atom. The number of hydrogen-bond donors (Lipinski definition) is 2. The van der Waals surface area contributed by atoms with Gasteiger partial charge in [0, 0.05) is 5.54 Å². The van der Waals surface area contributed by atoms with Crippen LogP contribution in [0.4, 0.5) is 24.0 Å². The first-order valence-corrected chi connectivity index (χ1v) is 14.0. The number of fused-ring (bicyclic) bond motifs is 3. The van der Waals surface area contributed by atoms with Gasteiger partial charge in [0.1, 0.15) is 11.3 Å². The van der Waals surface area contributed by atoms with Gasteiger partial charge in [0.25, 0.3) is 11.8 Å². The number of anilines is 2. The van der Waals surface area contributed by atoms with Crippen molar-refractivity contribution >= 4 is 44.2 Å². The van der Waals surface area contributed by atoms with E-state index in [0.29, 0.717) is 34.7 Å². The lowest BCUT2D eigenvalue weighted by atomic mass is 9.39. The molecule has 8 rings (SSSR count). The number of nitrogens with one attached hydrogen (secondary N) is 2. The molecule has 2 atom stereocenters. The Labute approximate surface area is 231 Å². The van der Waals surface area contributed by atoms with Crippen molar-refractivity contribution in [1.82, 2.24) is 10.3 Å². The van der Waals surface area contributed by atoms with Crippen molar-refractivity contribution in [3.8, 4) is 5.75 Å². The summed E-state index contributed by atoms with van der Waals surface area (Å²) < 4.78 is 51.7. The maximum Gasteiger partial charge on any atom is 0.394 e. The fourth-order valence-electron chi connectivity index (χ4n) is 6.78. The molecule has 5 aliphatic rings. The SMILES string of the molecule is COc1ccc2nc(N3C4COCC3C4)sc2c1C(=O)Nc1ccc(C)cc1C(=O)NC12CC(C(F)(F)F)(C1)C2. The summed E-state index contributed by atoms with van der Waals surface area (Å²) in [6.45, 7) is 3.11. The predicted molar refractivity (Wildman–Crippen MR) is 143 cm³/mol. The van der Waals surface area contributed by atoms with Gasteiger partial charge in [0.2, 0.25) is 0 Å². The smallest absolute Gasteiger partial charge is 0.394 e. The van der Waals surface area contributed by atoms with E-state index in [4.69, 9.17) is 14.5 Å². The molecule has 1 aromatic heterocycles. The Morgan fingerprint density at radius 2 is 1.85 bits per heavy atom. The van der Waals surface area contributed by atoms with Gasteiger partial charge in [-0.3, -0.25) is 9.59 Å². The fourth-order valence-corrected chi connectivity index (χ4v) is 8.02. The molecule has 2 unspecified atom stereocenters. The average Bonchev–Trinajstić information content (AvgIpc) is 3.28. The second kappa shape index (κ2) is 8.56. The van der Waals surface area contributed by atoms with Crippen molar-refractivity contribution in [2.45, 2.75) is 56.4 Å². The monoisotopic (exact) mass is 572 g/mol. The lowest BCUT2D eigenvalue weighted by molar-refractivity contribution is -0.336. The number of aryl methyl sites for hydroxylation is 1. The first-order valence-electron chi connectivity index (χ1n) is 13.2. The van der Waals surface area contributed by atoms with Gasteiger partial charge in [-0.25, -0.2) is 4.98 Å². The third kappa shape index (κ3) is 3.72.